The van der Waals surface area contributed by atoms with Crippen molar-refractivity contribution in [3.8, 4) is 0 Å². The van der Waals surface area contributed by atoms with Gasteiger partial charge >= 0.3 is 0 Å². The molecule has 114 valence electrons. The zero-order chi connectivity index (χ0) is 14.7. The topological polar surface area (TPSA) is 9.23 Å². The van der Waals surface area contributed by atoms with Crippen LogP contribution in [0.2, 0.25) is 0 Å². The Labute approximate surface area is 121 Å². The summed E-state index contributed by atoms with van der Waals surface area (Å²) in [4.78, 5) is 0. The molecule has 0 aliphatic rings. The van der Waals surface area contributed by atoms with E-state index in [1.165, 1.54) is 51.4 Å². The van der Waals surface area contributed by atoms with Crippen molar-refractivity contribution in [1.82, 2.24) is 0 Å². The van der Waals surface area contributed by atoms with Crippen LogP contribution in [0.1, 0.15) is 86.0 Å². The van der Waals surface area contributed by atoms with Crippen LogP contribution in [0.5, 0.6) is 0 Å². The summed E-state index contributed by atoms with van der Waals surface area (Å²) in [5, 5.41) is 0. The predicted octanol–water partition coefficient (Wildman–Crippen LogP) is 6.13. The Balaban J connectivity index is 4.12. The molecule has 0 aliphatic carbocycles. The maximum Gasteiger partial charge on any atom is 0.0863 e. The quantitative estimate of drug-likeness (QED) is 0.305. The summed E-state index contributed by atoms with van der Waals surface area (Å²) in [5.74, 6) is 0.596. The third-order valence-corrected chi connectivity index (χ3v) is 4.10. The highest BCUT2D eigenvalue weighted by atomic mass is 16.5. The lowest BCUT2D eigenvalue weighted by molar-refractivity contribution is -0.0747. The normalized spacial score (nSPS) is 16.3. The van der Waals surface area contributed by atoms with E-state index in [-0.39, 0.29) is 11.7 Å². The van der Waals surface area contributed by atoms with E-state index in [0.717, 1.165) is 0 Å². The summed E-state index contributed by atoms with van der Waals surface area (Å²) in [6.45, 7) is 15.0. The van der Waals surface area contributed by atoms with Crippen LogP contribution in [0.3, 0.4) is 0 Å². The van der Waals surface area contributed by atoms with Crippen LogP contribution in [0, 0.1) is 5.92 Å². The van der Waals surface area contributed by atoms with Crippen molar-refractivity contribution >= 4 is 0 Å². The monoisotopic (exact) mass is 268 g/mol. The lowest BCUT2D eigenvalue weighted by Gasteiger charge is -2.36. The van der Waals surface area contributed by atoms with Crippen LogP contribution in [0.25, 0.3) is 0 Å². The van der Waals surface area contributed by atoms with Crippen LogP contribution in [-0.2, 0) is 4.74 Å². The molecule has 0 aliphatic heterocycles. The van der Waals surface area contributed by atoms with Crippen LogP contribution in [-0.4, -0.2) is 11.7 Å². The molecule has 0 heterocycles. The summed E-state index contributed by atoms with van der Waals surface area (Å²) in [6, 6.07) is 0. The van der Waals surface area contributed by atoms with Gasteiger partial charge in [0.2, 0.25) is 0 Å². The highest BCUT2D eigenvalue weighted by molar-refractivity contribution is 4.99. The summed E-state index contributed by atoms with van der Waals surface area (Å²) in [5.41, 5.74) is -0.160. The maximum atomic E-state index is 6.12. The van der Waals surface area contributed by atoms with Gasteiger partial charge in [-0.1, -0.05) is 64.9 Å². The summed E-state index contributed by atoms with van der Waals surface area (Å²) in [6.07, 6.45) is 12.9. The highest BCUT2D eigenvalue weighted by Gasteiger charge is 2.31. The minimum Gasteiger partial charge on any atom is -0.368 e. The molecular weight excluding hydrogens is 232 g/mol. The zero-order valence-corrected chi connectivity index (χ0v) is 14.0. The first kappa shape index (κ1) is 18.7. The molecular formula is C18H36O. The van der Waals surface area contributed by atoms with Gasteiger partial charge in [0.1, 0.15) is 0 Å². The summed E-state index contributed by atoms with van der Waals surface area (Å²) < 4.78 is 6.12. The van der Waals surface area contributed by atoms with Gasteiger partial charge in [-0.15, -0.1) is 6.58 Å². The van der Waals surface area contributed by atoms with E-state index in [1.54, 1.807) is 0 Å². The van der Waals surface area contributed by atoms with E-state index in [4.69, 9.17) is 4.74 Å². The minimum atomic E-state index is -0.160. The van der Waals surface area contributed by atoms with E-state index >= 15 is 0 Å². The van der Waals surface area contributed by atoms with Gasteiger partial charge in [0.25, 0.3) is 0 Å². The summed E-state index contributed by atoms with van der Waals surface area (Å²) >= 11 is 0. The number of hydrogen-bond acceptors (Lipinski definition) is 1. The van der Waals surface area contributed by atoms with Crippen molar-refractivity contribution < 1.29 is 4.74 Å². The smallest absolute Gasteiger partial charge is 0.0863 e. The fraction of sp³-hybridized carbons (Fsp3) is 0.889. The van der Waals surface area contributed by atoms with E-state index < -0.39 is 0 Å². The third kappa shape index (κ3) is 7.77. The Hall–Kier alpha value is -0.300. The lowest BCUT2D eigenvalue weighted by Crippen LogP contribution is -2.37. The highest BCUT2D eigenvalue weighted by Crippen LogP contribution is 2.32. The number of ether oxygens (including phenoxy) is 1. The Kier molecular flexibility index (Phi) is 10.3. The van der Waals surface area contributed by atoms with Crippen molar-refractivity contribution in [3.05, 3.63) is 12.7 Å². The first-order valence-electron chi connectivity index (χ1n) is 8.31. The predicted molar refractivity (Wildman–Crippen MR) is 86.6 cm³/mol. The second kappa shape index (κ2) is 10.5. The molecule has 0 rings (SSSR count). The van der Waals surface area contributed by atoms with Crippen LogP contribution >= 0.6 is 0 Å². The van der Waals surface area contributed by atoms with Gasteiger partial charge in [0.05, 0.1) is 11.7 Å². The molecule has 0 N–H and O–H groups in total. The van der Waals surface area contributed by atoms with Gasteiger partial charge in [0.15, 0.2) is 0 Å². The third-order valence-electron chi connectivity index (χ3n) is 4.10. The number of rotatable bonds is 12. The first-order chi connectivity index (χ1) is 9.00. The van der Waals surface area contributed by atoms with E-state index in [0.29, 0.717) is 5.92 Å². The molecule has 0 bridgehead atoms. The number of hydrogen-bond donors (Lipinski definition) is 0. The Morgan fingerprint density at radius 1 is 1.05 bits per heavy atom. The van der Waals surface area contributed by atoms with E-state index in [2.05, 4.69) is 41.2 Å². The minimum absolute atomic E-state index is 0.160. The Bertz CT molecular complexity index is 222. The summed E-state index contributed by atoms with van der Waals surface area (Å²) in [7, 11) is 0. The van der Waals surface area contributed by atoms with Crippen LogP contribution in [0.4, 0.5) is 0 Å². The Morgan fingerprint density at radius 3 is 2.11 bits per heavy atom. The average Bonchev–Trinajstić information content (AvgIpc) is 2.37. The fourth-order valence-corrected chi connectivity index (χ4v) is 2.89. The van der Waals surface area contributed by atoms with Gasteiger partial charge in [-0.3, -0.25) is 0 Å². The molecule has 0 aromatic rings. The molecule has 0 spiro atoms. The van der Waals surface area contributed by atoms with Gasteiger partial charge < -0.3 is 4.74 Å². The molecule has 2 atom stereocenters. The molecule has 1 nitrogen and oxygen atoms in total. The standard InChI is InChI=1S/C18H36O/c1-7-10-11-12-13-14-15-17(8-2)18(6,9-3)19-16(4)5/h9,16-17H,3,7-8,10-15H2,1-2,4-6H3. The molecule has 0 aromatic carbocycles. The fourth-order valence-electron chi connectivity index (χ4n) is 2.89. The molecule has 1 heteroatoms. The van der Waals surface area contributed by atoms with Gasteiger partial charge in [0, 0.05) is 0 Å². The lowest BCUT2D eigenvalue weighted by atomic mass is 9.82. The molecule has 0 fully saturated rings. The second-order valence-electron chi connectivity index (χ2n) is 6.22. The van der Waals surface area contributed by atoms with Crippen molar-refractivity contribution in [3.63, 3.8) is 0 Å². The maximum absolute atomic E-state index is 6.12. The van der Waals surface area contributed by atoms with Gasteiger partial charge in [-0.25, -0.2) is 0 Å². The molecule has 0 amide bonds. The average molecular weight is 268 g/mol. The number of unbranched alkanes of at least 4 members (excludes halogenated alkanes) is 5. The molecule has 19 heavy (non-hydrogen) atoms. The largest absolute Gasteiger partial charge is 0.368 e. The first-order valence-corrected chi connectivity index (χ1v) is 8.31. The molecule has 0 saturated carbocycles. The van der Waals surface area contributed by atoms with E-state index in [9.17, 15) is 0 Å². The molecule has 2 unspecified atom stereocenters. The van der Waals surface area contributed by atoms with Crippen molar-refractivity contribution in [1.29, 1.82) is 0 Å². The SMILES string of the molecule is C=CC(C)(OC(C)C)C(CC)CCCCCCCC. The van der Waals surface area contributed by atoms with Crippen LogP contribution in [0.15, 0.2) is 12.7 Å². The van der Waals surface area contributed by atoms with Crippen LogP contribution < -0.4 is 0 Å². The van der Waals surface area contributed by atoms with E-state index in [1.807, 2.05) is 6.08 Å². The van der Waals surface area contributed by atoms with Crippen molar-refractivity contribution in [2.45, 2.75) is 97.7 Å². The van der Waals surface area contributed by atoms with Crippen molar-refractivity contribution in [2.75, 3.05) is 0 Å². The molecule has 0 saturated heterocycles. The molecule has 0 aromatic heterocycles. The second-order valence-corrected chi connectivity index (χ2v) is 6.22. The van der Waals surface area contributed by atoms with Gasteiger partial charge in [-0.2, -0.15) is 0 Å². The zero-order valence-electron chi connectivity index (χ0n) is 14.0. The van der Waals surface area contributed by atoms with Crippen molar-refractivity contribution in [2.24, 2.45) is 5.92 Å². The Morgan fingerprint density at radius 2 is 1.63 bits per heavy atom. The van der Waals surface area contributed by atoms with Gasteiger partial charge in [-0.05, 0) is 33.1 Å². The molecule has 0 radical (unpaired) electrons.